The maximum absolute atomic E-state index is 6.75. The predicted molar refractivity (Wildman–Crippen MR) is 212 cm³/mol. The molecular weight excluding hydrogens is 621 g/mol. The van der Waals surface area contributed by atoms with Crippen LogP contribution in [-0.4, -0.2) is 4.57 Å². The molecule has 0 saturated heterocycles. The fraction of sp³-hybridized carbons (Fsp3) is 0. The van der Waals surface area contributed by atoms with Gasteiger partial charge in [0.15, 0.2) is 11.5 Å². The molecular formula is C48H32N2O. The average Bonchev–Trinajstić information content (AvgIpc) is 3.55. The van der Waals surface area contributed by atoms with Gasteiger partial charge in [0.25, 0.3) is 0 Å². The Hall–Kier alpha value is -6.84. The van der Waals surface area contributed by atoms with Crippen molar-refractivity contribution >= 4 is 38.9 Å². The Kier molecular flexibility index (Phi) is 6.81. The van der Waals surface area contributed by atoms with Gasteiger partial charge in [-0.2, -0.15) is 0 Å². The summed E-state index contributed by atoms with van der Waals surface area (Å²) < 4.78 is 9.10. The van der Waals surface area contributed by atoms with E-state index in [2.05, 4.69) is 204 Å². The third kappa shape index (κ3) is 4.90. The highest BCUT2D eigenvalue weighted by atomic mass is 16.5. The van der Waals surface area contributed by atoms with Gasteiger partial charge in [-0.15, -0.1) is 0 Å². The topological polar surface area (TPSA) is 17.4 Å². The minimum absolute atomic E-state index is 0.872. The number of rotatable bonds is 6. The molecule has 0 radical (unpaired) electrons. The number of benzene rings is 8. The van der Waals surface area contributed by atoms with Crippen LogP contribution in [0.2, 0.25) is 0 Å². The summed E-state index contributed by atoms with van der Waals surface area (Å²) in [6.07, 6.45) is 0. The van der Waals surface area contributed by atoms with Gasteiger partial charge in [-0.1, -0.05) is 140 Å². The Morgan fingerprint density at radius 2 is 0.863 bits per heavy atom. The van der Waals surface area contributed by atoms with Crippen LogP contribution >= 0.6 is 0 Å². The van der Waals surface area contributed by atoms with Crippen molar-refractivity contribution in [2.24, 2.45) is 0 Å². The molecule has 2 heterocycles. The van der Waals surface area contributed by atoms with E-state index in [4.69, 9.17) is 4.74 Å². The Labute approximate surface area is 296 Å². The number of nitrogens with zero attached hydrogens (tertiary/aromatic N) is 2. The molecule has 1 aliphatic heterocycles. The molecule has 8 aromatic carbocycles. The van der Waals surface area contributed by atoms with Crippen LogP contribution < -0.4 is 9.64 Å². The molecule has 0 saturated carbocycles. The Bertz CT molecular complexity index is 2590. The van der Waals surface area contributed by atoms with E-state index in [1.165, 1.54) is 38.5 Å². The zero-order chi connectivity index (χ0) is 33.7. The van der Waals surface area contributed by atoms with Crippen LogP contribution in [0, 0.1) is 0 Å². The SMILES string of the molecule is c1ccc(-c2ccc(N(c3ccc(-c4ccccc4)cc3)c3ccc(-c4cccc5c4Oc4cccc6c7ccccc7n-5c46)cc3)cc2)cc1. The normalized spacial score (nSPS) is 11.7. The molecule has 51 heavy (non-hydrogen) atoms. The first-order valence-corrected chi connectivity index (χ1v) is 17.4. The number of hydrogen-bond acceptors (Lipinski definition) is 2. The zero-order valence-electron chi connectivity index (χ0n) is 27.8. The van der Waals surface area contributed by atoms with Gasteiger partial charge in [-0.05, 0) is 82.4 Å². The van der Waals surface area contributed by atoms with Crippen molar-refractivity contribution in [3.63, 3.8) is 0 Å². The van der Waals surface area contributed by atoms with Crippen LogP contribution in [0.1, 0.15) is 0 Å². The number of fused-ring (bicyclic) bond motifs is 5. The second-order valence-electron chi connectivity index (χ2n) is 13.0. The lowest BCUT2D eigenvalue weighted by Gasteiger charge is -2.26. The summed E-state index contributed by atoms with van der Waals surface area (Å²) in [6.45, 7) is 0. The Morgan fingerprint density at radius 1 is 0.373 bits per heavy atom. The van der Waals surface area contributed by atoms with Gasteiger partial charge in [0.1, 0.15) is 0 Å². The highest BCUT2D eigenvalue weighted by Gasteiger charge is 2.26. The van der Waals surface area contributed by atoms with Gasteiger partial charge in [-0.3, -0.25) is 0 Å². The van der Waals surface area contributed by atoms with Crippen molar-refractivity contribution in [3.8, 4) is 50.6 Å². The van der Waals surface area contributed by atoms with E-state index in [-0.39, 0.29) is 0 Å². The maximum atomic E-state index is 6.75. The Balaban J connectivity index is 1.06. The smallest absolute Gasteiger partial charge is 0.159 e. The molecule has 0 spiro atoms. The molecule has 1 aromatic heterocycles. The largest absolute Gasteiger partial charge is 0.452 e. The van der Waals surface area contributed by atoms with E-state index >= 15 is 0 Å². The minimum atomic E-state index is 0.872. The summed E-state index contributed by atoms with van der Waals surface area (Å²) in [6, 6.07) is 69.0. The molecule has 0 fully saturated rings. The fourth-order valence-electron chi connectivity index (χ4n) is 7.57. The van der Waals surface area contributed by atoms with Crippen molar-refractivity contribution in [1.29, 1.82) is 0 Å². The molecule has 0 aliphatic carbocycles. The zero-order valence-corrected chi connectivity index (χ0v) is 27.8. The van der Waals surface area contributed by atoms with Gasteiger partial charge in [-0.25, -0.2) is 0 Å². The van der Waals surface area contributed by atoms with E-state index in [0.29, 0.717) is 0 Å². The van der Waals surface area contributed by atoms with Crippen LogP contribution in [0.25, 0.3) is 60.9 Å². The fourth-order valence-corrected chi connectivity index (χ4v) is 7.57. The third-order valence-electron chi connectivity index (χ3n) is 10.0. The van der Waals surface area contributed by atoms with Crippen LogP contribution in [0.3, 0.4) is 0 Å². The first-order valence-electron chi connectivity index (χ1n) is 17.4. The van der Waals surface area contributed by atoms with Gasteiger partial charge in [0.05, 0.1) is 16.7 Å². The summed E-state index contributed by atoms with van der Waals surface area (Å²) in [4.78, 5) is 2.32. The molecule has 0 bridgehead atoms. The van der Waals surface area contributed by atoms with E-state index < -0.39 is 0 Å². The molecule has 1 aliphatic rings. The van der Waals surface area contributed by atoms with E-state index in [0.717, 1.165) is 50.9 Å². The average molecular weight is 653 g/mol. The molecule has 0 amide bonds. The number of aromatic nitrogens is 1. The van der Waals surface area contributed by atoms with Gasteiger partial charge < -0.3 is 14.2 Å². The lowest BCUT2D eigenvalue weighted by molar-refractivity contribution is 0.478. The molecule has 3 nitrogen and oxygen atoms in total. The summed E-state index contributed by atoms with van der Waals surface area (Å²) in [5.41, 5.74) is 13.6. The van der Waals surface area contributed by atoms with Crippen LogP contribution in [0.5, 0.6) is 11.5 Å². The van der Waals surface area contributed by atoms with Crippen LogP contribution in [0.15, 0.2) is 194 Å². The molecule has 0 unspecified atom stereocenters. The van der Waals surface area contributed by atoms with Crippen LogP contribution in [0.4, 0.5) is 17.1 Å². The summed E-state index contributed by atoms with van der Waals surface area (Å²) in [5, 5.41) is 2.44. The monoisotopic (exact) mass is 652 g/mol. The van der Waals surface area contributed by atoms with Gasteiger partial charge >= 0.3 is 0 Å². The quantitative estimate of drug-likeness (QED) is 0.178. The molecule has 9 aromatic rings. The first kappa shape index (κ1) is 29.1. The number of ether oxygens (including phenoxy) is 1. The molecule has 0 atom stereocenters. The van der Waals surface area contributed by atoms with E-state index in [1.54, 1.807) is 0 Å². The molecule has 10 rings (SSSR count). The van der Waals surface area contributed by atoms with Crippen molar-refractivity contribution < 1.29 is 4.74 Å². The summed E-state index contributed by atoms with van der Waals surface area (Å²) >= 11 is 0. The van der Waals surface area contributed by atoms with Gasteiger partial charge in [0, 0.05) is 33.4 Å². The highest BCUT2D eigenvalue weighted by molar-refractivity contribution is 6.12. The highest BCUT2D eigenvalue weighted by Crippen LogP contribution is 2.49. The minimum Gasteiger partial charge on any atom is -0.452 e. The van der Waals surface area contributed by atoms with Crippen LogP contribution in [-0.2, 0) is 0 Å². The van der Waals surface area contributed by atoms with E-state index in [9.17, 15) is 0 Å². The molecule has 3 heteroatoms. The van der Waals surface area contributed by atoms with Crippen molar-refractivity contribution in [2.45, 2.75) is 0 Å². The number of anilines is 3. The maximum Gasteiger partial charge on any atom is 0.159 e. The summed E-state index contributed by atoms with van der Waals surface area (Å²) in [5.74, 6) is 1.75. The van der Waals surface area contributed by atoms with Gasteiger partial charge in [0.2, 0.25) is 0 Å². The predicted octanol–water partition coefficient (Wildman–Crippen LogP) is 13.4. The first-order chi connectivity index (χ1) is 25.3. The second-order valence-corrected chi connectivity index (χ2v) is 13.0. The van der Waals surface area contributed by atoms with Crippen molar-refractivity contribution in [2.75, 3.05) is 4.90 Å². The number of hydrogen-bond donors (Lipinski definition) is 0. The second kappa shape index (κ2) is 11.9. The standard InChI is InChI=1S/C48H32N2O/c1-3-11-33(12-4-1)35-21-27-38(28-22-35)49(39-29-23-36(24-30-39)34-13-5-2-6-14-34)40-31-25-37(26-32-40)41-16-9-19-45-48(41)51-46-20-10-17-43-42-15-7-8-18-44(42)50(45)47(43)46/h1-32H. The molecule has 240 valence electrons. The third-order valence-corrected chi connectivity index (χ3v) is 10.0. The number of para-hydroxylation sites is 3. The van der Waals surface area contributed by atoms with Crippen molar-refractivity contribution in [3.05, 3.63) is 194 Å². The molecule has 0 N–H and O–H groups in total. The van der Waals surface area contributed by atoms with E-state index in [1.807, 2.05) is 0 Å². The summed E-state index contributed by atoms with van der Waals surface area (Å²) in [7, 11) is 0. The Morgan fingerprint density at radius 3 is 1.47 bits per heavy atom. The lowest BCUT2D eigenvalue weighted by atomic mass is 10.0. The van der Waals surface area contributed by atoms with Crippen molar-refractivity contribution in [1.82, 2.24) is 4.57 Å². The lowest BCUT2D eigenvalue weighted by Crippen LogP contribution is -2.10.